The summed E-state index contributed by atoms with van der Waals surface area (Å²) in [6, 6.07) is 9.94. The second-order valence-corrected chi connectivity index (χ2v) is 3.41. The lowest BCUT2D eigenvalue weighted by atomic mass is 10.2. The Morgan fingerprint density at radius 1 is 1.29 bits per heavy atom. The van der Waals surface area contributed by atoms with Crippen LogP contribution in [0.25, 0.3) is 6.08 Å². The molecule has 0 heterocycles. The maximum absolute atomic E-state index is 11.2. The first-order valence-electron chi connectivity index (χ1n) is 4.72. The minimum atomic E-state index is -0.0520. The molecule has 0 unspecified atom stereocenters. The molecule has 0 aliphatic heterocycles. The molecular formula is C12H15NO. The largest absolute Gasteiger partial charge is 0.350 e. The smallest absolute Gasteiger partial charge is 0.244 e. The van der Waals surface area contributed by atoms with Crippen molar-refractivity contribution in [2.75, 3.05) is 0 Å². The van der Waals surface area contributed by atoms with Gasteiger partial charge in [-0.2, -0.15) is 0 Å². The van der Waals surface area contributed by atoms with E-state index >= 15 is 0 Å². The summed E-state index contributed by atoms with van der Waals surface area (Å²) in [5.74, 6) is -0.0520. The predicted molar refractivity (Wildman–Crippen MR) is 58.8 cm³/mol. The zero-order valence-corrected chi connectivity index (χ0v) is 8.53. The van der Waals surface area contributed by atoms with E-state index in [1.807, 2.05) is 44.2 Å². The fraction of sp³-hybridized carbons (Fsp3) is 0.250. The predicted octanol–water partition coefficient (Wildman–Crippen LogP) is 2.22. The van der Waals surface area contributed by atoms with Crippen LogP contribution in [0.5, 0.6) is 0 Å². The summed E-state index contributed by atoms with van der Waals surface area (Å²) in [6.07, 6.45) is 3.35. The average molecular weight is 189 g/mol. The summed E-state index contributed by atoms with van der Waals surface area (Å²) in [5.41, 5.74) is 1.03. The Bertz CT molecular complexity index is 314. The first-order valence-corrected chi connectivity index (χ1v) is 4.72. The van der Waals surface area contributed by atoms with Crippen molar-refractivity contribution in [1.29, 1.82) is 0 Å². The number of amides is 1. The van der Waals surface area contributed by atoms with Gasteiger partial charge in [0.25, 0.3) is 0 Å². The van der Waals surface area contributed by atoms with Gasteiger partial charge >= 0.3 is 0 Å². The van der Waals surface area contributed by atoms with Crippen LogP contribution in [0.15, 0.2) is 36.4 Å². The van der Waals surface area contributed by atoms with Gasteiger partial charge in [-0.25, -0.2) is 0 Å². The van der Waals surface area contributed by atoms with Crippen molar-refractivity contribution >= 4 is 12.0 Å². The Morgan fingerprint density at radius 3 is 2.50 bits per heavy atom. The Kier molecular flexibility index (Phi) is 3.92. The van der Waals surface area contributed by atoms with Gasteiger partial charge in [0.15, 0.2) is 0 Å². The van der Waals surface area contributed by atoms with Crippen LogP contribution in [-0.4, -0.2) is 11.9 Å². The van der Waals surface area contributed by atoms with Gasteiger partial charge in [0.05, 0.1) is 0 Å². The van der Waals surface area contributed by atoms with Crippen LogP contribution in [-0.2, 0) is 4.79 Å². The van der Waals surface area contributed by atoms with Gasteiger partial charge in [0.2, 0.25) is 5.91 Å². The van der Waals surface area contributed by atoms with Crippen LogP contribution >= 0.6 is 0 Å². The fourth-order valence-corrected chi connectivity index (χ4v) is 1.07. The topological polar surface area (TPSA) is 29.1 Å². The van der Waals surface area contributed by atoms with Crippen LogP contribution in [0.4, 0.5) is 0 Å². The van der Waals surface area contributed by atoms with Crippen LogP contribution in [0.3, 0.4) is 0 Å². The zero-order chi connectivity index (χ0) is 10.4. The summed E-state index contributed by atoms with van der Waals surface area (Å²) in [6.45, 7) is 3.88. The van der Waals surface area contributed by atoms with Gasteiger partial charge in [-0.05, 0) is 25.5 Å². The molecule has 14 heavy (non-hydrogen) atoms. The van der Waals surface area contributed by atoms with Crippen LogP contribution in [0.1, 0.15) is 19.4 Å². The quantitative estimate of drug-likeness (QED) is 0.726. The molecule has 1 aromatic carbocycles. The van der Waals surface area contributed by atoms with Crippen LogP contribution in [0, 0.1) is 0 Å². The number of carbonyl (C=O) groups excluding carboxylic acids is 1. The van der Waals surface area contributed by atoms with Crippen molar-refractivity contribution in [2.45, 2.75) is 19.9 Å². The molecular weight excluding hydrogens is 174 g/mol. The first kappa shape index (κ1) is 10.5. The third-order valence-electron chi connectivity index (χ3n) is 1.66. The average Bonchev–Trinajstić information content (AvgIpc) is 2.15. The van der Waals surface area contributed by atoms with E-state index in [2.05, 4.69) is 5.32 Å². The van der Waals surface area contributed by atoms with Crippen molar-refractivity contribution in [2.24, 2.45) is 0 Å². The maximum Gasteiger partial charge on any atom is 0.244 e. The normalized spacial score (nSPS) is 10.8. The lowest BCUT2D eigenvalue weighted by Gasteiger charge is -2.03. The summed E-state index contributed by atoms with van der Waals surface area (Å²) in [7, 11) is 0. The molecule has 0 bridgehead atoms. The third kappa shape index (κ3) is 3.90. The minimum absolute atomic E-state index is 0.0520. The molecule has 0 saturated carbocycles. The van der Waals surface area contributed by atoms with Gasteiger partial charge < -0.3 is 5.32 Å². The summed E-state index contributed by atoms with van der Waals surface area (Å²) in [4.78, 5) is 11.2. The number of benzene rings is 1. The molecule has 0 aliphatic rings. The van der Waals surface area contributed by atoms with Crippen molar-refractivity contribution in [3.63, 3.8) is 0 Å². The second-order valence-electron chi connectivity index (χ2n) is 3.41. The highest BCUT2D eigenvalue weighted by Gasteiger charge is 1.96. The van der Waals surface area contributed by atoms with E-state index in [4.69, 9.17) is 0 Å². The van der Waals surface area contributed by atoms with Crippen LogP contribution < -0.4 is 5.32 Å². The first-order chi connectivity index (χ1) is 6.68. The van der Waals surface area contributed by atoms with Gasteiger partial charge in [0.1, 0.15) is 0 Å². The molecule has 0 fully saturated rings. The molecule has 0 saturated heterocycles. The van der Waals surface area contributed by atoms with Gasteiger partial charge in [-0.15, -0.1) is 0 Å². The van der Waals surface area contributed by atoms with Gasteiger partial charge in [-0.1, -0.05) is 30.3 Å². The third-order valence-corrected chi connectivity index (χ3v) is 1.66. The molecule has 0 aromatic heterocycles. The molecule has 0 spiro atoms. The number of carbonyl (C=O) groups is 1. The van der Waals surface area contributed by atoms with Crippen molar-refractivity contribution in [1.82, 2.24) is 5.32 Å². The van der Waals surface area contributed by atoms with Gasteiger partial charge in [0, 0.05) is 12.1 Å². The van der Waals surface area contributed by atoms with Crippen LogP contribution in [0.2, 0.25) is 0 Å². The second kappa shape index (κ2) is 5.22. The van der Waals surface area contributed by atoms with E-state index in [1.165, 1.54) is 0 Å². The molecule has 2 nitrogen and oxygen atoms in total. The van der Waals surface area contributed by atoms with E-state index in [9.17, 15) is 4.79 Å². The highest BCUT2D eigenvalue weighted by Crippen LogP contribution is 2.00. The SMILES string of the molecule is CC(C)NC(=O)/C=C/c1ccccc1. The molecule has 1 amide bonds. The molecule has 1 rings (SSSR count). The number of hydrogen-bond acceptors (Lipinski definition) is 1. The van der Waals surface area contributed by atoms with Gasteiger partial charge in [-0.3, -0.25) is 4.79 Å². The molecule has 74 valence electrons. The zero-order valence-electron chi connectivity index (χ0n) is 8.53. The Balaban J connectivity index is 2.52. The lowest BCUT2D eigenvalue weighted by Crippen LogP contribution is -2.28. The van der Waals surface area contributed by atoms with E-state index in [0.717, 1.165) is 5.56 Å². The van der Waals surface area contributed by atoms with Crippen molar-refractivity contribution < 1.29 is 4.79 Å². The highest BCUT2D eigenvalue weighted by atomic mass is 16.1. The summed E-state index contributed by atoms with van der Waals surface area (Å²) < 4.78 is 0. The molecule has 0 radical (unpaired) electrons. The molecule has 1 aromatic rings. The Labute approximate surface area is 84.6 Å². The molecule has 2 heteroatoms. The van der Waals surface area contributed by atoms with E-state index in [1.54, 1.807) is 12.2 Å². The maximum atomic E-state index is 11.2. The van der Waals surface area contributed by atoms with Crippen molar-refractivity contribution in [3.8, 4) is 0 Å². The lowest BCUT2D eigenvalue weighted by molar-refractivity contribution is -0.116. The summed E-state index contributed by atoms with van der Waals surface area (Å²) >= 11 is 0. The standard InChI is InChI=1S/C12H15NO/c1-10(2)13-12(14)9-8-11-6-4-3-5-7-11/h3-10H,1-2H3,(H,13,14)/b9-8+. The monoisotopic (exact) mass is 189 g/mol. The van der Waals surface area contributed by atoms with E-state index in [0.29, 0.717) is 0 Å². The highest BCUT2D eigenvalue weighted by molar-refractivity contribution is 5.91. The number of nitrogens with one attached hydrogen (secondary N) is 1. The fourth-order valence-electron chi connectivity index (χ4n) is 1.07. The van der Waals surface area contributed by atoms with E-state index in [-0.39, 0.29) is 11.9 Å². The van der Waals surface area contributed by atoms with E-state index < -0.39 is 0 Å². The minimum Gasteiger partial charge on any atom is -0.350 e. The Morgan fingerprint density at radius 2 is 1.93 bits per heavy atom. The molecule has 1 N–H and O–H groups in total. The Hall–Kier alpha value is -1.57. The number of hydrogen-bond donors (Lipinski definition) is 1. The molecule has 0 atom stereocenters. The van der Waals surface area contributed by atoms with Crippen molar-refractivity contribution in [3.05, 3.63) is 42.0 Å². The number of rotatable bonds is 3. The summed E-state index contributed by atoms with van der Waals surface area (Å²) in [5, 5.41) is 2.79. The molecule has 0 aliphatic carbocycles.